The number of benzene rings is 4. The first kappa shape index (κ1) is 53.0. The van der Waals surface area contributed by atoms with Crippen LogP contribution in [0.15, 0.2) is 82.6 Å². The molecule has 15 nitrogen and oxygen atoms in total. The molecule has 0 saturated carbocycles. The van der Waals surface area contributed by atoms with Gasteiger partial charge in [0, 0.05) is 97.1 Å². The van der Waals surface area contributed by atoms with Gasteiger partial charge in [-0.2, -0.15) is 0 Å². The molecule has 6 rings (SSSR count). The molecule has 364 valence electrons. The Morgan fingerprint density at radius 1 is 0.567 bits per heavy atom. The van der Waals surface area contributed by atoms with E-state index in [2.05, 4.69) is 29.9 Å². The van der Waals surface area contributed by atoms with E-state index in [1.807, 2.05) is 38.4 Å². The Balaban J connectivity index is 0.774. The van der Waals surface area contributed by atoms with Crippen LogP contribution in [0.2, 0.25) is 20.1 Å². The van der Waals surface area contributed by atoms with Gasteiger partial charge in [-0.1, -0.05) is 70.7 Å². The van der Waals surface area contributed by atoms with Gasteiger partial charge in [-0.25, -0.2) is 26.3 Å². The number of hydrogen-bond acceptors (Lipinski definition) is 11. The van der Waals surface area contributed by atoms with Crippen LogP contribution in [0.25, 0.3) is 0 Å². The van der Waals surface area contributed by atoms with Crippen LogP contribution in [0.1, 0.15) is 58.1 Å². The van der Waals surface area contributed by atoms with Crippen molar-refractivity contribution < 1.29 is 40.6 Å². The molecule has 4 aromatic rings. The Kier molecular flexibility index (Phi) is 19.7. The third-order valence-electron chi connectivity index (χ3n) is 11.3. The third kappa shape index (κ3) is 15.3. The molecule has 0 aromatic heterocycles. The zero-order chi connectivity index (χ0) is 48.1. The monoisotopic (exact) mass is 1040 g/mol. The molecule has 2 atom stereocenters. The molecule has 0 spiro atoms. The van der Waals surface area contributed by atoms with Crippen molar-refractivity contribution >= 4 is 78.3 Å². The molecule has 0 fully saturated rings. The lowest BCUT2D eigenvalue weighted by Gasteiger charge is -2.33. The lowest BCUT2D eigenvalue weighted by molar-refractivity contribution is -0.123. The lowest BCUT2D eigenvalue weighted by atomic mass is 9.85. The highest BCUT2D eigenvalue weighted by atomic mass is 35.5. The summed E-state index contributed by atoms with van der Waals surface area (Å²) in [5, 5.41) is 7.66. The smallest absolute Gasteiger partial charge is 0.240 e. The second-order valence-electron chi connectivity index (χ2n) is 16.4. The Hall–Kier alpha value is -3.40. The van der Waals surface area contributed by atoms with Gasteiger partial charge in [-0.3, -0.25) is 9.59 Å². The molecule has 0 bridgehead atoms. The average Bonchev–Trinajstić information content (AvgIpc) is 3.28. The average molecular weight is 1040 g/mol. The number of halogens is 4. The molecule has 4 N–H and O–H groups in total. The van der Waals surface area contributed by atoms with Crippen LogP contribution in [-0.2, 0) is 56.9 Å². The quantitative estimate of drug-likeness (QED) is 0.0625. The van der Waals surface area contributed by atoms with E-state index >= 15 is 0 Å². The molecule has 2 aliphatic rings. The molecule has 2 unspecified atom stereocenters. The highest BCUT2D eigenvalue weighted by Crippen LogP contribution is 2.40. The molecular weight excluding hydrogens is 986 g/mol. The fourth-order valence-corrected chi connectivity index (χ4v) is 11.3. The second-order valence-corrected chi connectivity index (χ2v) is 21.6. The van der Waals surface area contributed by atoms with E-state index in [9.17, 15) is 26.4 Å². The Morgan fingerprint density at radius 2 is 0.955 bits per heavy atom. The molecule has 0 aliphatic carbocycles. The van der Waals surface area contributed by atoms with E-state index in [0.29, 0.717) is 46.3 Å². The summed E-state index contributed by atoms with van der Waals surface area (Å²) in [5.41, 5.74) is 5.60. The van der Waals surface area contributed by atoms with Crippen LogP contribution < -0.4 is 20.1 Å². The standard InChI is InChI=1S/C46H56Cl4N6O9S2/c1-55-27-39(37-23-33(47)25-43(49)41(37)29-55)31-5-3-7-35(21-31)66(59,60)53-13-19-64-17-11-51-45(57)9-15-63-16-10-46(58)52-12-18-65-20-14-54-67(61,62)36-8-4-6-32(22-36)40-28-56(2)30-42-38(40)24-34(48)26-44(42)50/h3-8,21-26,39-40,53-54H,9-20,27-30H2,1-2H3,(H,51,57)(H,52,58). The van der Waals surface area contributed by atoms with Crippen molar-refractivity contribution in [3.8, 4) is 0 Å². The minimum Gasteiger partial charge on any atom is -0.380 e. The minimum atomic E-state index is -3.82. The Morgan fingerprint density at radius 3 is 1.37 bits per heavy atom. The van der Waals surface area contributed by atoms with Crippen molar-refractivity contribution in [2.24, 2.45) is 0 Å². The maximum absolute atomic E-state index is 13.1. The van der Waals surface area contributed by atoms with Crippen molar-refractivity contribution in [3.63, 3.8) is 0 Å². The number of ether oxygens (including phenoxy) is 3. The van der Waals surface area contributed by atoms with Gasteiger partial charge in [0.05, 0.1) is 49.4 Å². The predicted octanol–water partition coefficient (Wildman–Crippen LogP) is 5.77. The summed E-state index contributed by atoms with van der Waals surface area (Å²) in [6.45, 7) is 4.04. The van der Waals surface area contributed by atoms with Crippen molar-refractivity contribution in [2.45, 2.75) is 47.6 Å². The Bertz CT molecular complexity index is 2420. The number of likely N-dealkylation sites (N-methyl/N-ethyl adjacent to an activating group) is 2. The van der Waals surface area contributed by atoms with Gasteiger partial charge < -0.3 is 34.6 Å². The topological polar surface area (TPSA) is 185 Å². The summed E-state index contributed by atoms with van der Waals surface area (Å²) in [5.74, 6) is -0.729. The summed E-state index contributed by atoms with van der Waals surface area (Å²) < 4.78 is 74.2. The number of fused-ring (bicyclic) bond motifs is 2. The molecular formula is C46H56Cl4N6O9S2. The number of carbonyl (C=O) groups excluding carboxylic acids is 2. The van der Waals surface area contributed by atoms with Gasteiger partial charge in [0.15, 0.2) is 0 Å². The van der Waals surface area contributed by atoms with Crippen molar-refractivity contribution in [1.82, 2.24) is 29.9 Å². The Labute approximate surface area is 413 Å². The van der Waals surface area contributed by atoms with E-state index < -0.39 is 20.0 Å². The van der Waals surface area contributed by atoms with Crippen LogP contribution >= 0.6 is 46.4 Å². The molecule has 2 amide bonds. The maximum Gasteiger partial charge on any atom is 0.240 e. The molecule has 0 radical (unpaired) electrons. The van der Waals surface area contributed by atoms with Crippen LogP contribution in [0, 0.1) is 0 Å². The summed E-state index contributed by atoms with van der Waals surface area (Å²) in [4.78, 5) is 29.0. The van der Waals surface area contributed by atoms with E-state index in [4.69, 9.17) is 60.6 Å². The molecule has 2 aliphatic heterocycles. The minimum absolute atomic E-state index is 0.0410. The van der Waals surface area contributed by atoms with E-state index in [1.54, 1.807) is 48.5 Å². The van der Waals surface area contributed by atoms with Gasteiger partial charge in [0.1, 0.15) is 0 Å². The molecule has 21 heteroatoms. The number of sulfonamides is 2. The van der Waals surface area contributed by atoms with Crippen molar-refractivity contribution in [1.29, 1.82) is 0 Å². The highest BCUT2D eigenvalue weighted by molar-refractivity contribution is 7.89. The second kappa shape index (κ2) is 24.9. The first-order valence-electron chi connectivity index (χ1n) is 21.8. The van der Waals surface area contributed by atoms with Crippen LogP contribution in [0.4, 0.5) is 0 Å². The summed E-state index contributed by atoms with van der Waals surface area (Å²) >= 11 is 25.7. The van der Waals surface area contributed by atoms with Gasteiger partial charge >= 0.3 is 0 Å². The molecule has 4 aromatic carbocycles. The van der Waals surface area contributed by atoms with E-state index in [-0.39, 0.29) is 112 Å². The SMILES string of the molecule is CN1Cc2c(Cl)cc(Cl)cc2C(c2cccc(S(=O)(=O)NCCOCCNC(=O)CCOCCC(=O)NCCOCCNS(=O)(=O)c3cccc(C4CN(C)Cc5c(Cl)cc(Cl)cc54)c3)c2)C1. The van der Waals surface area contributed by atoms with Crippen LogP contribution in [-0.4, -0.2) is 131 Å². The van der Waals surface area contributed by atoms with Gasteiger partial charge in [-0.05, 0) is 96.0 Å². The predicted molar refractivity (Wildman–Crippen MR) is 260 cm³/mol. The first-order valence-corrected chi connectivity index (χ1v) is 26.3. The third-order valence-corrected chi connectivity index (χ3v) is 15.3. The van der Waals surface area contributed by atoms with Gasteiger partial charge in [0.2, 0.25) is 31.9 Å². The number of carbonyl (C=O) groups is 2. The maximum atomic E-state index is 13.1. The number of rotatable bonds is 24. The van der Waals surface area contributed by atoms with Gasteiger partial charge in [0.25, 0.3) is 0 Å². The summed E-state index contributed by atoms with van der Waals surface area (Å²) in [6, 6.07) is 20.9. The van der Waals surface area contributed by atoms with E-state index in [1.165, 1.54) is 0 Å². The summed E-state index contributed by atoms with van der Waals surface area (Å²) in [7, 11) is -3.66. The molecule has 0 saturated heterocycles. The number of nitrogens with one attached hydrogen (secondary N) is 4. The highest BCUT2D eigenvalue weighted by Gasteiger charge is 2.30. The fraction of sp³-hybridized carbons (Fsp3) is 0.435. The summed E-state index contributed by atoms with van der Waals surface area (Å²) in [6.07, 6.45) is 0.174. The zero-order valence-electron chi connectivity index (χ0n) is 37.3. The first-order chi connectivity index (χ1) is 32.0. The number of nitrogens with zero attached hydrogens (tertiary/aromatic N) is 2. The number of amides is 2. The largest absolute Gasteiger partial charge is 0.380 e. The fourth-order valence-electron chi connectivity index (χ4n) is 8.06. The number of hydrogen-bond donors (Lipinski definition) is 4. The molecule has 67 heavy (non-hydrogen) atoms. The van der Waals surface area contributed by atoms with Crippen LogP contribution in [0.5, 0.6) is 0 Å². The van der Waals surface area contributed by atoms with Crippen LogP contribution in [0.3, 0.4) is 0 Å². The van der Waals surface area contributed by atoms with E-state index in [0.717, 1.165) is 33.4 Å². The molecule has 2 heterocycles. The van der Waals surface area contributed by atoms with Gasteiger partial charge in [-0.15, -0.1) is 0 Å². The van der Waals surface area contributed by atoms with Crippen molar-refractivity contribution in [3.05, 3.63) is 126 Å². The normalized spacial score (nSPS) is 16.6. The zero-order valence-corrected chi connectivity index (χ0v) is 42.0. The van der Waals surface area contributed by atoms with Crippen molar-refractivity contribution in [2.75, 3.05) is 93.0 Å². The lowest BCUT2D eigenvalue weighted by Crippen LogP contribution is -2.32.